The van der Waals surface area contributed by atoms with Gasteiger partial charge in [-0.2, -0.15) is 0 Å². The van der Waals surface area contributed by atoms with Gasteiger partial charge >= 0.3 is 0 Å². The summed E-state index contributed by atoms with van der Waals surface area (Å²) in [6, 6.07) is 7.68. The zero-order valence-corrected chi connectivity index (χ0v) is 12.6. The third kappa shape index (κ3) is 4.20. The summed E-state index contributed by atoms with van der Waals surface area (Å²) in [4.78, 5) is 12.2. The Bertz CT molecular complexity index is 498. The summed E-state index contributed by atoms with van der Waals surface area (Å²) in [5.74, 6) is 0.462. The van der Waals surface area contributed by atoms with Crippen molar-refractivity contribution in [2.45, 2.75) is 45.3 Å². The van der Waals surface area contributed by atoms with Gasteiger partial charge in [0.05, 0.1) is 6.10 Å². The molecule has 1 aliphatic rings. The van der Waals surface area contributed by atoms with E-state index in [1.807, 2.05) is 32.0 Å². The third-order valence-electron chi connectivity index (χ3n) is 3.11. The first kappa shape index (κ1) is 14.8. The summed E-state index contributed by atoms with van der Waals surface area (Å²) >= 11 is 5.10. The molecule has 1 aromatic carbocycles. The summed E-state index contributed by atoms with van der Waals surface area (Å²) in [6.07, 6.45) is 3.48. The highest BCUT2D eigenvalue weighted by Crippen LogP contribution is 2.19. The lowest BCUT2D eigenvalue weighted by Gasteiger charge is -2.27. The Morgan fingerprint density at radius 3 is 2.75 bits per heavy atom. The second-order valence-electron chi connectivity index (χ2n) is 5.25. The van der Waals surface area contributed by atoms with Crippen LogP contribution in [0.3, 0.4) is 0 Å². The van der Waals surface area contributed by atoms with Gasteiger partial charge in [0.1, 0.15) is 5.75 Å². The van der Waals surface area contributed by atoms with Crippen molar-refractivity contribution in [3.05, 3.63) is 24.3 Å². The van der Waals surface area contributed by atoms with E-state index in [-0.39, 0.29) is 17.0 Å². The lowest BCUT2D eigenvalue weighted by molar-refractivity contribution is -0.110. The van der Waals surface area contributed by atoms with Crippen molar-refractivity contribution in [2.24, 2.45) is 0 Å². The second-order valence-corrected chi connectivity index (χ2v) is 5.66. The number of anilines is 1. The molecule has 0 aliphatic heterocycles. The summed E-state index contributed by atoms with van der Waals surface area (Å²) in [5, 5.41) is 5.86. The van der Waals surface area contributed by atoms with E-state index in [9.17, 15) is 4.79 Å². The molecule has 0 heterocycles. The smallest absolute Gasteiger partial charge is 0.283 e. The molecule has 0 spiro atoms. The zero-order chi connectivity index (χ0) is 14.5. The van der Waals surface area contributed by atoms with Gasteiger partial charge in [0.2, 0.25) is 0 Å². The van der Waals surface area contributed by atoms with Gasteiger partial charge in [-0.15, -0.1) is 0 Å². The van der Waals surface area contributed by atoms with Crippen LogP contribution in [0.15, 0.2) is 24.3 Å². The number of rotatable bonds is 4. The number of amides is 1. The highest BCUT2D eigenvalue weighted by Gasteiger charge is 2.20. The SMILES string of the molecule is CC(C)Oc1cccc(NC(=O)C(=S)NC2CCC2)c1. The maximum absolute atomic E-state index is 12.0. The van der Waals surface area contributed by atoms with Gasteiger partial charge in [0, 0.05) is 17.8 Å². The number of nitrogens with one attached hydrogen (secondary N) is 2. The predicted molar refractivity (Wildman–Crippen MR) is 84.2 cm³/mol. The van der Waals surface area contributed by atoms with E-state index in [1.165, 1.54) is 6.42 Å². The molecular weight excluding hydrogens is 272 g/mol. The molecule has 0 saturated heterocycles. The van der Waals surface area contributed by atoms with E-state index in [0.717, 1.165) is 18.6 Å². The topological polar surface area (TPSA) is 50.4 Å². The number of carbonyl (C=O) groups excluding carboxylic acids is 1. The summed E-state index contributed by atoms with van der Waals surface area (Å²) < 4.78 is 5.59. The van der Waals surface area contributed by atoms with Gasteiger partial charge in [-0.25, -0.2) is 0 Å². The Morgan fingerprint density at radius 1 is 1.40 bits per heavy atom. The van der Waals surface area contributed by atoms with Gasteiger partial charge in [-0.1, -0.05) is 18.3 Å². The van der Waals surface area contributed by atoms with Crippen LogP contribution in [0.25, 0.3) is 0 Å². The number of hydrogen-bond acceptors (Lipinski definition) is 3. The first-order chi connectivity index (χ1) is 9.54. The molecule has 2 rings (SSSR count). The first-order valence-electron chi connectivity index (χ1n) is 6.93. The molecule has 5 heteroatoms. The average molecular weight is 292 g/mol. The van der Waals surface area contributed by atoms with Gasteiger partial charge in [0.15, 0.2) is 4.99 Å². The van der Waals surface area contributed by atoms with Crippen molar-refractivity contribution in [1.29, 1.82) is 0 Å². The Hall–Kier alpha value is -1.62. The fraction of sp³-hybridized carbons (Fsp3) is 0.467. The van der Waals surface area contributed by atoms with Crippen LogP contribution in [0, 0.1) is 0 Å². The van der Waals surface area contributed by atoms with Gasteiger partial charge in [-0.3, -0.25) is 4.79 Å². The molecule has 4 nitrogen and oxygen atoms in total. The van der Waals surface area contributed by atoms with Crippen LogP contribution in [0.1, 0.15) is 33.1 Å². The molecule has 1 amide bonds. The van der Waals surface area contributed by atoms with E-state index in [2.05, 4.69) is 10.6 Å². The average Bonchev–Trinajstić information content (AvgIpc) is 2.33. The fourth-order valence-electron chi connectivity index (χ4n) is 1.91. The van der Waals surface area contributed by atoms with Crippen LogP contribution in [0.5, 0.6) is 5.75 Å². The lowest BCUT2D eigenvalue weighted by Crippen LogP contribution is -2.43. The van der Waals surface area contributed by atoms with Crippen molar-refractivity contribution in [3.63, 3.8) is 0 Å². The molecule has 1 aliphatic carbocycles. The number of thiocarbonyl (C=S) groups is 1. The molecular formula is C15H20N2O2S. The Kier molecular flexibility index (Phi) is 4.95. The van der Waals surface area contributed by atoms with E-state index in [1.54, 1.807) is 6.07 Å². The van der Waals surface area contributed by atoms with Gasteiger partial charge in [-0.05, 0) is 45.2 Å². The van der Waals surface area contributed by atoms with E-state index in [0.29, 0.717) is 11.7 Å². The Morgan fingerprint density at radius 2 is 2.15 bits per heavy atom. The molecule has 0 unspecified atom stereocenters. The number of ether oxygens (including phenoxy) is 1. The Labute approximate surface area is 124 Å². The monoisotopic (exact) mass is 292 g/mol. The van der Waals surface area contributed by atoms with Crippen LogP contribution >= 0.6 is 12.2 Å². The molecule has 0 atom stereocenters. The number of carbonyl (C=O) groups is 1. The normalized spacial score (nSPS) is 14.6. The van der Waals surface area contributed by atoms with Crippen molar-refractivity contribution < 1.29 is 9.53 Å². The van der Waals surface area contributed by atoms with Crippen LogP contribution in [-0.2, 0) is 4.79 Å². The molecule has 2 N–H and O–H groups in total. The van der Waals surface area contributed by atoms with Crippen molar-refractivity contribution in [2.75, 3.05) is 5.32 Å². The minimum atomic E-state index is -0.270. The maximum atomic E-state index is 12.0. The molecule has 1 saturated carbocycles. The largest absolute Gasteiger partial charge is 0.491 e. The molecule has 0 bridgehead atoms. The third-order valence-corrected chi connectivity index (χ3v) is 3.41. The number of hydrogen-bond donors (Lipinski definition) is 2. The molecule has 108 valence electrons. The van der Waals surface area contributed by atoms with Gasteiger partial charge in [0.25, 0.3) is 5.91 Å². The first-order valence-corrected chi connectivity index (χ1v) is 7.34. The zero-order valence-electron chi connectivity index (χ0n) is 11.8. The maximum Gasteiger partial charge on any atom is 0.283 e. The van der Waals surface area contributed by atoms with Crippen molar-refractivity contribution in [3.8, 4) is 5.75 Å². The van der Waals surface area contributed by atoms with Crippen LogP contribution in [0.2, 0.25) is 0 Å². The minimum absolute atomic E-state index is 0.0994. The molecule has 20 heavy (non-hydrogen) atoms. The predicted octanol–water partition coefficient (Wildman–Crippen LogP) is 2.88. The second kappa shape index (κ2) is 6.70. The summed E-state index contributed by atoms with van der Waals surface area (Å²) in [7, 11) is 0. The van der Waals surface area contributed by atoms with E-state index < -0.39 is 0 Å². The highest BCUT2D eigenvalue weighted by atomic mass is 32.1. The molecule has 1 aromatic rings. The Balaban J connectivity index is 1.91. The minimum Gasteiger partial charge on any atom is -0.491 e. The summed E-state index contributed by atoms with van der Waals surface area (Å²) in [5.41, 5.74) is 0.686. The standard InChI is InChI=1S/C15H20N2O2S/c1-10(2)19-13-8-4-7-12(9-13)16-14(18)15(20)17-11-5-3-6-11/h4,7-11H,3,5-6H2,1-2H3,(H,16,18)(H,17,20). The molecule has 1 fully saturated rings. The summed E-state index contributed by atoms with van der Waals surface area (Å²) in [6.45, 7) is 3.92. The number of benzene rings is 1. The van der Waals surface area contributed by atoms with E-state index >= 15 is 0 Å². The fourth-order valence-corrected chi connectivity index (χ4v) is 2.13. The van der Waals surface area contributed by atoms with Crippen molar-refractivity contribution in [1.82, 2.24) is 5.32 Å². The molecule has 0 radical (unpaired) electrons. The molecule has 0 aromatic heterocycles. The van der Waals surface area contributed by atoms with Crippen LogP contribution < -0.4 is 15.4 Å². The van der Waals surface area contributed by atoms with Crippen LogP contribution in [0.4, 0.5) is 5.69 Å². The quantitative estimate of drug-likeness (QED) is 0.838. The van der Waals surface area contributed by atoms with Gasteiger partial charge < -0.3 is 15.4 Å². The van der Waals surface area contributed by atoms with Crippen LogP contribution in [-0.4, -0.2) is 23.0 Å². The van der Waals surface area contributed by atoms with Crippen molar-refractivity contribution >= 4 is 28.8 Å². The van der Waals surface area contributed by atoms with E-state index in [4.69, 9.17) is 17.0 Å². The highest BCUT2D eigenvalue weighted by molar-refractivity contribution is 7.82. The lowest BCUT2D eigenvalue weighted by atomic mass is 9.93.